The lowest BCUT2D eigenvalue weighted by Crippen LogP contribution is -2.30. The highest BCUT2D eigenvalue weighted by Gasteiger charge is 2.21. The number of rotatable bonds is 4. The Hall–Kier alpha value is -1.13. The molecule has 1 aliphatic heterocycles. The lowest BCUT2D eigenvalue weighted by molar-refractivity contribution is 0.221. The van der Waals surface area contributed by atoms with E-state index in [2.05, 4.69) is 39.8 Å². The average molecular weight is 289 g/mol. The number of hydrogen-bond acceptors (Lipinski definition) is 2. The van der Waals surface area contributed by atoms with Gasteiger partial charge in [0.1, 0.15) is 0 Å². The van der Waals surface area contributed by atoms with Gasteiger partial charge in [-0.2, -0.15) is 0 Å². The highest BCUT2D eigenvalue weighted by molar-refractivity contribution is 7.80. The second-order valence-corrected chi connectivity index (χ2v) is 6.31. The normalized spacial score (nSPS) is 19.6. The van der Waals surface area contributed by atoms with Gasteiger partial charge in [-0.3, -0.25) is 4.90 Å². The molecule has 1 saturated heterocycles. The van der Waals surface area contributed by atoms with Crippen LogP contribution in [0.25, 0.3) is 0 Å². The number of nitrogens with zero attached hydrogens (tertiary/aromatic N) is 1. The molecule has 0 bridgehead atoms. The first-order chi connectivity index (χ1) is 9.79. The summed E-state index contributed by atoms with van der Waals surface area (Å²) in [4.78, 5) is 2.55. The monoisotopic (exact) mass is 289 g/mol. The van der Waals surface area contributed by atoms with E-state index in [0.29, 0.717) is 6.04 Å². The van der Waals surface area contributed by atoms with Crippen LogP contribution in [0.1, 0.15) is 37.7 Å². The van der Waals surface area contributed by atoms with Crippen LogP contribution in [0.15, 0.2) is 24.3 Å². The fourth-order valence-corrected chi connectivity index (χ4v) is 2.93. The first kappa shape index (κ1) is 13.8. The van der Waals surface area contributed by atoms with Crippen LogP contribution in [0.5, 0.6) is 0 Å². The second-order valence-electron chi connectivity index (χ2n) is 5.91. The molecule has 0 amide bonds. The quantitative estimate of drug-likeness (QED) is 0.833. The molecule has 1 heterocycles. The molecule has 1 aromatic rings. The number of benzene rings is 1. The molecule has 1 saturated carbocycles. The molecule has 2 aliphatic rings. The standard InChI is InChI=1S/C16H23N3S/c20-16(18-15-8-9-15)17-14-6-4-13(5-7-14)12-19-10-2-1-3-11-19/h4-7,15H,1-3,8-12H2,(H2,17,18,20). The van der Waals surface area contributed by atoms with Crippen LogP contribution in [0.4, 0.5) is 5.69 Å². The molecular formula is C16H23N3S. The molecule has 0 atom stereocenters. The van der Waals surface area contributed by atoms with Gasteiger partial charge in [0.25, 0.3) is 0 Å². The van der Waals surface area contributed by atoms with E-state index >= 15 is 0 Å². The Kier molecular flexibility index (Phi) is 4.53. The third-order valence-corrected chi connectivity index (χ3v) is 4.20. The Morgan fingerprint density at radius 2 is 1.80 bits per heavy atom. The van der Waals surface area contributed by atoms with Gasteiger partial charge in [0.15, 0.2) is 5.11 Å². The number of piperidine rings is 1. The molecular weight excluding hydrogens is 266 g/mol. The molecule has 20 heavy (non-hydrogen) atoms. The maximum atomic E-state index is 5.29. The zero-order valence-corrected chi connectivity index (χ0v) is 12.7. The van der Waals surface area contributed by atoms with Gasteiger partial charge in [-0.05, 0) is 68.7 Å². The molecule has 1 aromatic carbocycles. The van der Waals surface area contributed by atoms with Crippen molar-refractivity contribution >= 4 is 23.0 Å². The van der Waals surface area contributed by atoms with Crippen molar-refractivity contribution in [2.45, 2.75) is 44.7 Å². The van der Waals surface area contributed by atoms with Crippen molar-refractivity contribution in [2.24, 2.45) is 0 Å². The van der Waals surface area contributed by atoms with Gasteiger partial charge in [0.05, 0.1) is 0 Å². The van der Waals surface area contributed by atoms with E-state index in [-0.39, 0.29) is 0 Å². The van der Waals surface area contributed by atoms with E-state index < -0.39 is 0 Å². The van der Waals surface area contributed by atoms with Gasteiger partial charge >= 0.3 is 0 Å². The van der Waals surface area contributed by atoms with Gasteiger partial charge in [0.2, 0.25) is 0 Å². The summed E-state index contributed by atoms with van der Waals surface area (Å²) in [6, 6.07) is 9.27. The summed E-state index contributed by atoms with van der Waals surface area (Å²) >= 11 is 5.29. The van der Waals surface area contributed by atoms with Crippen molar-refractivity contribution in [3.63, 3.8) is 0 Å². The Balaban J connectivity index is 1.49. The number of anilines is 1. The van der Waals surface area contributed by atoms with E-state index in [1.165, 1.54) is 50.8 Å². The van der Waals surface area contributed by atoms with Crippen molar-refractivity contribution in [1.29, 1.82) is 0 Å². The van der Waals surface area contributed by atoms with Crippen molar-refractivity contribution in [2.75, 3.05) is 18.4 Å². The first-order valence-corrected chi connectivity index (χ1v) is 8.09. The summed E-state index contributed by atoms with van der Waals surface area (Å²) in [7, 11) is 0. The molecule has 0 radical (unpaired) electrons. The summed E-state index contributed by atoms with van der Waals surface area (Å²) in [5.74, 6) is 0. The van der Waals surface area contributed by atoms with E-state index in [1.807, 2.05) is 0 Å². The van der Waals surface area contributed by atoms with Crippen LogP contribution < -0.4 is 10.6 Å². The highest BCUT2D eigenvalue weighted by Crippen LogP contribution is 2.19. The molecule has 3 nitrogen and oxygen atoms in total. The van der Waals surface area contributed by atoms with Crippen LogP contribution >= 0.6 is 12.2 Å². The molecule has 0 aromatic heterocycles. The second kappa shape index (κ2) is 6.55. The van der Waals surface area contributed by atoms with Gasteiger partial charge in [-0.25, -0.2) is 0 Å². The minimum absolute atomic E-state index is 0.605. The minimum atomic E-state index is 0.605. The van der Waals surface area contributed by atoms with Gasteiger partial charge in [-0.15, -0.1) is 0 Å². The van der Waals surface area contributed by atoms with Gasteiger partial charge in [-0.1, -0.05) is 18.6 Å². The molecule has 0 unspecified atom stereocenters. The van der Waals surface area contributed by atoms with Crippen LogP contribution in [-0.2, 0) is 6.54 Å². The number of hydrogen-bond donors (Lipinski definition) is 2. The lowest BCUT2D eigenvalue weighted by atomic mass is 10.1. The summed E-state index contributed by atoms with van der Waals surface area (Å²) in [5, 5.41) is 7.29. The fourth-order valence-electron chi connectivity index (χ4n) is 2.65. The maximum Gasteiger partial charge on any atom is 0.170 e. The Morgan fingerprint density at radius 1 is 1.10 bits per heavy atom. The van der Waals surface area contributed by atoms with Crippen molar-refractivity contribution in [1.82, 2.24) is 10.2 Å². The van der Waals surface area contributed by atoms with E-state index in [0.717, 1.165) is 17.3 Å². The Labute approximate surface area is 126 Å². The lowest BCUT2D eigenvalue weighted by Gasteiger charge is -2.26. The largest absolute Gasteiger partial charge is 0.360 e. The molecule has 2 N–H and O–H groups in total. The zero-order chi connectivity index (χ0) is 13.8. The third kappa shape index (κ3) is 4.18. The molecule has 3 rings (SSSR count). The van der Waals surface area contributed by atoms with Crippen LogP contribution in [0.2, 0.25) is 0 Å². The predicted octanol–water partition coefficient (Wildman–Crippen LogP) is 3.12. The first-order valence-electron chi connectivity index (χ1n) is 7.68. The number of nitrogens with one attached hydrogen (secondary N) is 2. The van der Waals surface area contributed by atoms with Crippen molar-refractivity contribution in [3.8, 4) is 0 Å². The summed E-state index contributed by atoms with van der Waals surface area (Å²) in [6.45, 7) is 3.57. The van der Waals surface area contributed by atoms with Crippen molar-refractivity contribution < 1.29 is 0 Å². The van der Waals surface area contributed by atoms with E-state index in [9.17, 15) is 0 Å². The molecule has 0 spiro atoms. The molecule has 108 valence electrons. The number of likely N-dealkylation sites (tertiary alicyclic amines) is 1. The van der Waals surface area contributed by atoms with Crippen LogP contribution in [0.3, 0.4) is 0 Å². The van der Waals surface area contributed by atoms with Crippen LogP contribution in [-0.4, -0.2) is 29.1 Å². The zero-order valence-electron chi connectivity index (χ0n) is 11.9. The molecule has 4 heteroatoms. The third-order valence-electron chi connectivity index (χ3n) is 3.98. The molecule has 2 fully saturated rings. The summed E-state index contributed by atoms with van der Waals surface area (Å²) in [5.41, 5.74) is 2.46. The topological polar surface area (TPSA) is 27.3 Å². The smallest absolute Gasteiger partial charge is 0.170 e. The van der Waals surface area contributed by atoms with E-state index in [4.69, 9.17) is 12.2 Å². The Bertz CT molecular complexity index is 447. The number of thiocarbonyl (C=S) groups is 1. The average Bonchev–Trinajstić information content (AvgIpc) is 3.26. The molecule has 1 aliphatic carbocycles. The minimum Gasteiger partial charge on any atom is -0.360 e. The van der Waals surface area contributed by atoms with Gasteiger partial charge in [0, 0.05) is 18.3 Å². The maximum absolute atomic E-state index is 5.29. The van der Waals surface area contributed by atoms with E-state index in [1.54, 1.807) is 0 Å². The highest BCUT2D eigenvalue weighted by atomic mass is 32.1. The SMILES string of the molecule is S=C(Nc1ccc(CN2CCCCC2)cc1)NC1CC1. The summed E-state index contributed by atoms with van der Waals surface area (Å²) < 4.78 is 0. The van der Waals surface area contributed by atoms with Crippen LogP contribution in [0, 0.1) is 0 Å². The predicted molar refractivity (Wildman–Crippen MR) is 87.9 cm³/mol. The van der Waals surface area contributed by atoms with Crippen molar-refractivity contribution in [3.05, 3.63) is 29.8 Å². The van der Waals surface area contributed by atoms with Gasteiger partial charge < -0.3 is 10.6 Å². The fraction of sp³-hybridized carbons (Fsp3) is 0.562. The Morgan fingerprint density at radius 3 is 2.45 bits per heavy atom. The summed E-state index contributed by atoms with van der Waals surface area (Å²) in [6.07, 6.45) is 6.58.